The summed E-state index contributed by atoms with van der Waals surface area (Å²) in [7, 11) is 4.77. The van der Waals surface area contributed by atoms with Crippen molar-refractivity contribution < 1.29 is 14.3 Å². The topological polar surface area (TPSA) is 96.7 Å². The standard InChI is InChI=1S/C13H20N4O3/c1-17(2)13(19)16-7-6-15-12(18)10-8-9(14)4-5-11(10)20-3/h4-5,8H,6-7,14H2,1-3H3,(H,15,18)(H,16,19). The first-order valence-electron chi connectivity index (χ1n) is 6.12. The molecule has 0 aliphatic heterocycles. The van der Waals surface area contributed by atoms with Gasteiger partial charge in [0.25, 0.3) is 5.91 Å². The average Bonchev–Trinajstić information content (AvgIpc) is 2.42. The Bertz CT molecular complexity index is 489. The van der Waals surface area contributed by atoms with Crippen LogP contribution in [0.3, 0.4) is 0 Å². The summed E-state index contributed by atoms with van der Waals surface area (Å²) in [4.78, 5) is 24.7. The summed E-state index contributed by atoms with van der Waals surface area (Å²) in [5.74, 6) is 0.155. The van der Waals surface area contributed by atoms with Crippen LogP contribution in [-0.4, -0.2) is 51.1 Å². The van der Waals surface area contributed by atoms with Gasteiger partial charge in [-0.15, -0.1) is 0 Å². The van der Waals surface area contributed by atoms with Gasteiger partial charge in [-0.3, -0.25) is 4.79 Å². The minimum absolute atomic E-state index is 0.208. The molecule has 0 aromatic heterocycles. The number of anilines is 1. The number of amides is 3. The van der Waals surface area contributed by atoms with Gasteiger partial charge in [0, 0.05) is 32.9 Å². The van der Waals surface area contributed by atoms with E-state index in [1.807, 2.05) is 0 Å². The second kappa shape index (κ2) is 7.22. The van der Waals surface area contributed by atoms with Gasteiger partial charge in [-0.2, -0.15) is 0 Å². The SMILES string of the molecule is COc1ccc(N)cc1C(=O)NCCNC(=O)N(C)C. The lowest BCUT2D eigenvalue weighted by Gasteiger charge is -2.13. The second-order valence-electron chi connectivity index (χ2n) is 4.34. The zero-order valence-electron chi connectivity index (χ0n) is 11.9. The normalized spacial score (nSPS) is 9.75. The highest BCUT2D eigenvalue weighted by molar-refractivity contribution is 5.97. The van der Waals surface area contributed by atoms with Crippen molar-refractivity contribution >= 4 is 17.6 Å². The molecule has 4 N–H and O–H groups in total. The van der Waals surface area contributed by atoms with Crippen molar-refractivity contribution in [2.75, 3.05) is 40.0 Å². The lowest BCUT2D eigenvalue weighted by molar-refractivity contribution is 0.0950. The zero-order valence-corrected chi connectivity index (χ0v) is 11.9. The van der Waals surface area contributed by atoms with Crippen molar-refractivity contribution in [3.8, 4) is 5.75 Å². The number of carbonyl (C=O) groups excluding carboxylic acids is 2. The lowest BCUT2D eigenvalue weighted by atomic mass is 10.1. The number of ether oxygens (including phenoxy) is 1. The first-order chi connectivity index (χ1) is 9.45. The maximum absolute atomic E-state index is 12.0. The van der Waals surface area contributed by atoms with Crippen molar-refractivity contribution in [3.63, 3.8) is 0 Å². The van der Waals surface area contributed by atoms with Crippen molar-refractivity contribution in [3.05, 3.63) is 23.8 Å². The van der Waals surface area contributed by atoms with Crippen molar-refractivity contribution in [2.45, 2.75) is 0 Å². The molecule has 20 heavy (non-hydrogen) atoms. The number of benzene rings is 1. The van der Waals surface area contributed by atoms with E-state index in [1.165, 1.54) is 12.0 Å². The number of carbonyl (C=O) groups is 2. The molecule has 0 fully saturated rings. The Morgan fingerprint density at radius 2 is 1.90 bits per heavy atom. The Balaban J connectivity index is 2.51. The van der Waals surface area contributed by atoms with Crippen LogP contribution >= 0.6 is 0 Å². The predicted molar refractivity (Wildman–Crippen MR) is 76.8 cm³/mol. The van der Waals surface area contributed by atoms with E-state index in [0.29, 0.717) is 30.1 Å². The summed E-state index contributed by atoms with van der Waals surface area (Å²) in [6.45, 7) is 0.656. The Morgan fingerprint density at radius 1 is 1.25 bits per heavy atom. The molecular weight excluding hydrogens is 260 g/mol. The van der Waals surface area contributed by atoms with Crippen LogP contribution in [-0.2, 0) is 0 Å². The average molecular weight is 280 g/mol. The zero-order chi connectivity index (χ0) is 15.1. The van der Waals surface area contributed by atoms with Crippen LogP contribution in [0.1, 0.15) is 10.4 Å². The van der Waals surface area contributed by atoms with Gasteiger partial charge in [-0.25, -0.2) is 4.79 Å². The van der Waals surface area contributed by atoms with Crippen LogP contribution in [0.25, 0.3) is 0 Å². The van der Waals surface area contributed by atoms with E-state index in [4.69, 9.17) is 10.5 Å². The third-order valence-corrected chi connectivity index (χ3v) is 2.56. The molecule has 0 heterocycles. The molecule has 1 aromatic carbocycles. The number of urea groups is 1. The van der Waals surface area contributed by atoms with Gasteiger partial charge in [0.1, 0.15) is 5.75 Å². The van der Waals surface area contributed by atoms with Crippen LogP contribution in [0, 0.1) is 0 Å². The summed E-state index contributed by atoms with van der Waals surface area (Å²) in [6.07, 6.45) is 0. The summed E-state index contributed by atoms with van der Waals surface area (Å²) < 4.78 is 5.10. The summed E-state index contributed by atoms with van der Waals surface area (Å²) in [5, 5.41) is 5.33. The fourth-order valence-corrected chi connectivity index (χ4v) is 1.50. The second-order valence-corrected chi connectivity index (χ2v) is 4.34. The third-order valence-electron chi connectivity index (χ3n) is 2.56. The molecule has 1 rings (SSSR count). The molecule has 0 saturated heterocycles. The summed E-state index contributed by atoms with van der Waals surface area (Å²) >= 11 is 0. The van der Waals surface area contributed by atoms with Crippen LogP contribution in [0.15, 0.2) is 18.2 Å². The number of nitrogens with two attached hydrogens (primary N) is 1. The molecule has 0 bridgehead atoms. The molecule has 0 aliphatic rings. The molecule has 7 heteroatoms. The highest BCUT2D eigenvalue weighted by Gasteiger charge is 2.12. The van der Waals surface area contributed by atoms with Gasteiger partial charge in [0.15, 0.2) is 0 Å². The molecule has 0 aliphatic carbocycles. The molecule has 0 radical (unpaired) electrons. The fraction of sp³-hybridized carbons (Fsp3) is 0.385. The number of nitrogens with zero attached hydrogens (tertiary/aromatic N) is 1. The molecular formula is C13H20N4O3. The maximum Gasteiger partial charge on any atom is 0.316 e. The van der Waals surface area contributed by atoms with Crippen molar-refractivity contribution in [2.24, 2.45) is 0 Å². The molecule has 0 unspecified atom stereocenters. The molecule has 110 valence electrons. The Morgan fingerprint density at radius 3 is 2.50 bits per heavy atom. The molecule has 0 atom stereocenters. The van der Waals surface area contributed by atoms with Gasteiger partial charge in [0.05, 0.1) is 12.7 Å². The fourth-order valence-electron chi connectivity index (χ4n) is 1.50. The Kier molecular flexibility index (Phi) is 5.64. The van der Waals surface area contributed by atoms with Gasteiger partial charge in [0.2, 0.25) is 0 Å². The summed E-state index contributed by atoms with van der Waals surface area (Å²) in [5.41, 5.74) is 6.50. The van der Waals surface area contributed by atoms with Gasteiger partial charge >= 0.3 is 6.03 Å². The van der Waals surface area contributed by atoms with E-state index in [-0.39, 0.29) is 11.9 Å². The first-order valence-corrected chi connectivity index (χ1v) is 6.12. The third kappa shape index (κ3) is 4.34. The monoisotopic (exact) mass is 280 g/mol. The van der Waals surface area contributed by atoms with E-state index >= 15 is 0 Å². The van der Waals surface area contributed by atoms with Crippen LogP contribution in [0.4, 0.5) is 10.5 Å². The number of nitrogen functional groups attached to an aromatic ring is 1. The largest absolute Gasteiger partial charge is 0.496 e. The van der Waals surface area contributed by atoms with E-state index in [2.05, 4.69) is 10.6 Å². The number of nitrogens with one attached hydrogen (secondary N) is 2. The minimum atomic E-state index is -0.298. The predicted octanol–water partition coefficient (Wildman–Crippen LogP) is 0.278. The minimum Gasteiger partial charge on any atom is -0.496 e. The number of hydrogen-bond donors (Lipinski definition) is 3. The quantitative estimate of drug-likeness (QED) is 0.533. The molecule has 0 saturated carbocycles. The van der Waals surface area contributed by atoms with E-state index in [0.717, 1.165) is 0 Å². The highest BCUT2D eigenvalue weighted by Crippen LogP contribution is 2.20. The van der Waals surface area contributed by atoms with Crippen LogP contribution in [0.2, 0.25) is 0 Å². The highest BCUT2D eigenvalue weighted by atomic mass is 16.5. The lowest BCUT2D eigenvalue weighted by Crippen LogP contribution is -2.39. The van der Waals surface area contributed by atoms with Crippen LogP contribution < -0.4 is 21.1 Å². The number of hydrogen-bond acceptors (Lipinski definition) is 4. The van der Waals surface area contributed by atoms with Gasteiger partial charge in [-0.1, -0.05) is 0 Å². The smallest absolute Gasteiger partial charge is 0.316 e. The number of methoxy groups -OCH3 is 1. The number of rotatable bonds is 5. The molecule has 3 amide bonds. The Hall–Kier alpha value is -2.44. The van der Waals surface area contributed by atoms with Gasteiger partial charge in [-0.05, 0) is 18.2 Å². The van der Waals surface area contributed by atoms with E-state index < -0.39 is 0 Å². The van der Waals surface area contributed by atoms with Gasteiger partial charge < -0.3 is 26.0 Å². The van der Waals surface area contributed by atoms with Crippen LogP contribution in [0.5, 0.6) is 5.75 Å². The van der Waals surface area contributed by atoms with E-state index in [9.17, 15) is 9.59 Å². The van der Waals surface area contributed by atoms with E-state index in [1.54, 1.807) is 32.3 Å². The maximum atomic E-state index is 12.0. The molecule has 1 aromatic rings. The Labute approximate surface area is 118 Å². The van der Waals surface area contributed by atoms with Crippen molar-refractivity contribution in [1.29, 1.82) is 0 Å². The first kappa shape index (κ1) is 15.6. The van der Waals surface area contributed by atoms with Crippen molar-refractivity contribution in [1.82, 2.24) is 15.5 Å². The summed E-state index contributed by atoms with van der Waals surface area (Å²) in [6, 6.07) is 4.64. The molecule has 7 nitrogen and oxygen atoms in total. The molecule has 0 spiro atoms.